The molecule has 0 saturated heterocycles. The molecule has 1 unspecified atom stereocenters. The molecule has 1 atom stereocenters. The summed E-state index contributed by atoms with van der Waals surface area (Å²) in [6, 6.07) is 10.1. The molecule has 0 aliphatic carbocycles. The Balaban J connectivity index is 1.82. The van der Waals surface area contributed by atoms with E-state index >= 15 is 0 Å². The number of hydrogen-bond acceptors (Lipinski definition) is 5. The van der Waals surface area contributed by atoms with Gasteiger partial charge in [-0.3, -0.25) is 0 Å². The van der Waals surface area contributed by atoms with Crippen LogP contribution >= 0.6 is 0 Å². The van der Waals surface area contributed by atoms with Gasteiger partial charge >= 0.3 is 0 Å². The van der Waals surface area contributed by atoms with Gasteiger partial charge in [-0.05, 0) is 45.0 Å². The standard InChI is InChI=1S/C16H17N3O2/c1-10-7-15(12(3)21-10)11(2)18-14-6-4-5-13(8-14)16-19-17-9-20-16/h4-9,11,18H,1-3H3. The molecule has 0 spiro atoms. The molecule has 0 saturated carbocycles. The molecule has 3 aromatic rings. The molecule has 5 nitrogen and oxygen atoms in total. The number of furan rings is 1. The maximum Gasteiger partial charge on any atom is 0.247 e. The second-order valence-electron chi connectivity index (χ2n) is 5.06. The lowest BCUT2D eigenvalue weighted by Gasteiger charge is -2.15. The van der Waals surface area contributed by atoms with E-state index in [0.29, 0.717) is 5.89 Å². The molecule has 0 radical (unpaired) electrons. The minimum atomic E-state index is 0.153. The van der Waals surface area contributed by atoms with Gasteiger partial charge in [-0.1, -0.05) is 6.07 Å². The maximum absolute atomic E-state index is 5.58. The summed E-state index contributed by atoms with van der Waals surface area (Å²) in [5, 5.41) is 11.1. The Hall–Kier alpha value is -2.56. The smallest absolute Gasteiger partial charge is 0.247 e. The van der Waals surface area contributed by atoms with Crippen molar-refractivity contribution in [3.8, 4) is 11.5 Å². The summed E-state index contributed by atoms with van der Waals surface area (Å²) >= 11 is 0. The highest BCUT2D eigenvalue weighted by molar-refractivity contribution is 5.61. The van der Waals surface area contributed by atoms with Crippen molar-refractivity contribution in [3.63, 3.8) is 0 Å². The summed E-state index contributed by atoms with van der Waals surface area (Å²) in [6.07, 6.45) is 1.33. The molecule has 3 rings (SSSR count). The zero-order valence-electron chi connectivity index (χ0n) is 12.3. The highest BCUT2D eigenvalue weighted by Gasteiger charge is 2.13. The van der Waals surface area contributed by atoms with Gasteiger partial charge in [-0.2, -0.15) is 0 Å². The van der Waals surface area contributed by atoms with Crippen LogP contribution in [0.1, 0.15) is 30.0 Å². The van der Waals surface area contributed by atoms with Crippen molar-refractivity contribution in [1.29, 1.82) is 0 Å². The Morgan fingerprint density at radius 2 is 2.05 bits per heavy atom. The first-order valence-corrected chi connectivity index (χ1v) is 6.83. The van der Waals surface area contributed by atoms with Gasteiger partial charge in [0, 0.05) is 16.8 Å². The Bertz CT molecular complexity index is 732. The van der Waals surface area contributed by atoms with E-state index in [1.165, 1.54) is 6.39 Å². The number of benzene rings is 1. The van der Waals surface area contributed by atoms with E-state index in [0.717, 1.165) is 28.3 Å². The maximum atomic E-state index is 5.58. The van der Waals surface area contributed by atoms with E-state index in [1.54, 1.807) is 0 Å². The number of nitrogens with zero attached hydrogens (tertiary/aromatic N) is 2. The van der Waals surface area contributed by atoms with Crippen LogP contribution in [-0.2, 0) is 0 Å². The van der Waals surface area contributed by atoms with Crippen molar-refractivity contribution in [2.45, 2.75) is 26.8 Å². The SMILES string of the molecule is Cc1cc(C(C)Nc2cccc(-c3nnco3)c2)c(C)o1. The Kier molecular flexibility index (Phi) is 3.48. The van der Waals surface area contributed by atoms with Gasteiger partial charge in [0.25, 0.3) is 0 Å². The van der Waals surface area contributed by atoms with E-state index in [1.807, 2.05) is 38.1 Å². The first-order valence-electron chi connectivity index (χ1n) is 6.83. The van der Waals surface area contributed by atoms with Gasteiger partial charge in [0.15, 0.2) is 0 Å². The van der Waals surface area contributed by atoms with Crippen molar-refractivity contribution in [3.05, 3.63) is 53.8 Å². The van der Waals surface area contributed by atoms with Crippen molar-refractivity contribution in [2.75, 3.05) is 5.32 Å². The molecule has 0 amide bonds. The van der Waals surface area contributed by atoms with Gasteiger partial charge in [0.1, 0.15) is 11.5 Å². The van der Waals surface area contributed by atoms with Crippen LogP contribution < -0.4 is 5.32 Å². The predicted molar refractivity (Wildman–Crippen MR) is 80.0 cm³/mol. The number of nitrogens with one attached hydrogen (secondary N) is 1. The zero-order valence-corrected chi connectivity index (χ0v) is 12.3. The largest absolute Gasteiger partial charge is 0.466 e. The summed E-state index contributed by atoms with van der Waals surface area (Å²) in [7, 11) is 0. The number of anilines is 1. The van der Waals surface area contributed by atoms with Crippen molar-refractivity contribution in [1.82, 2.24) is 10.2 Å². The highest BCUT2D eigenvalue weighted by atomic mass is 16.4. The summed E-state index contributed by atoms with van der Waals surface area (Å²) < 4.78 is 10.8. The number of hydrogen-bond donors (Lipinski definition) is 1. The Morgan fingerprint density at radius 1 is 1.19 bits per heavy atom. The van der Waals surface area contributed by atoms with Crippen molar-refractivity contribution < 1.29 is 8.83 Å². The minimum Gasteiger partial charge on any atom is -0.466 e. The van der Waals surface area contributed by atoms with Crippen LogP contribution in [0.5, 0.6) is 0 Å². The normalized spacial score (nSPS) is 12.3. The van der Waals surface area contributed by atoms with Crippen LogP contribution in [0.2, 0.25) is 0 Å². The van der Waals surface area contributed by atoms with E-state index in [9.17, 15) is 0 Å². The van der Waals surface area contributed by atoms with E-state index in [-0.39, 0.29) is 6.04 Å². The third kappa shape index (κ3) is 2.81. The number of aryl methyl sites for hydroxylation is 2. The van der Waals surface area contributed by atoms with Crippen molar-refractivity contribution >= 4 is 5.69 Å². The monoisotopic (exact) mass is 283 g/mol. The highest BCUT2D eigenvalue weighted by Crippen LogP contribution is 2.27. The Morgan fingerprint density at radius 3 is 2.71 bits per heavy atom. The molecule has 2 aromatic heterocycles. The summed E-state index contributed by atoms with van der Waals surface area (Å²) in [5.41, 5.74) is 3.05. The molecule has 108 valence electrons. The van der Waals surface area contributed by atoms with Gasteiger partial charge in [0.05, 0.1) is 6.04 Å². The fourth-order valence-electron chi connectivity index (χ4n) is 2.45. The molecule has 1 aromatic carbocycles. The van der Waals surface area contributed by atoms with Gasteiger partial charge < -0.3 is 14.2 Å². The van der Waals surface area contributed by atoms with Crippen LogP contribution in [0.25, 0.3) is 11.5 Å². The van der Waals surface area contributed by atoms with Gasteiger partial charge in [0.2, 0.25) is 12.3 Å². The molecule has 21 heavy (non-hydrogen) atoms. The van der Waals surface area contributed by atoms with Crippen LogP contribution in [0, 0.1) is 13.8 Å². The topological polar surface area (TPSA) is 64.1 Å². The lowest BCUT2D eigenvalue weighted by atomic mass is 10.1. The summed E-state index contributed by atoms with van der Waals surface area (Å²) in [6.45, 7) is 6.05. The average Bonchev–Trinajstić information content (AvgIpc) is 3.08. The molecular formula is C16H17N3O2. The van der Waals surface area contributed by atoms with Crippen molar-refractivity contribution in [2.24, 2.45) is 0 Å². The molecule has 0 fully saturated rings. The summed E-state index contributed by atoms with van der Waals surface area (Å²) in [4.78, 5) is 0. The van der Waals surface area contributed by atoms with E-state index in [4.69, 9.17) is 8.83 Å². The third-order valence-electron chi connectivity index (χ3n) is 3.40. The lowest BCUT2D eigenvalue weighted by molar-refractivity contribution is 0.500. The lowest BCUT2D eigenvalue weighted by Crippen LogP contribution is -2.06. The third-order valence-corrected chi connectivity index (χ3v) is 3.40. The quantitative estimate of drug-likeness (QED) is 0.780. The molecule has 5 heteroatoms. The molecular weight excluding hydrogens is 266 g/mol. The first-order chi connectivity index (χ1) is 10.1. The predicted octanol–water partition coefficient (Wildman–Crippen LogP) is 4.12. The second-order valence-corrected chi connectivity index (χ2v) is 5.06. The van der Waals surface area contributed by atoms with E-state index in [2.05, 4.69) is 28.5 Å². The van der Waals surface area contributed by atoms with Crippen LogP contribution in [0.4, 0.5) is 5.69 Å². The van der Waals surface area contributed by atoms with Gasteiger partial charge in [-0.15, -0.1) is 10.2 Å². The minimum absolute atomic E-state index is 0.153. The number of rotatable bonds is 4. The van der Waals surface area contributed by atoms with Crippen LogP contribution in [0.3, 0.4) is 0 Å². The molecule has 0 aliphatic heterocycles. The average molecular weight is 283 g/mol. The zero-order chi connectivity index (χ0) is 14.8. The van der Waals surface area contributed by atoms with E-state index < -0.39 is 0 Å². The van der Waals surface area contributed by atoms with Crippen LogP contribution in [-0.4, -0.2) is 10.2 Å². The summed E-state index contributed by atoms with van der Waals surface area (Å²) in [5.74, 6) is 2.39. The number of aromatic nitrogens is 2. The fraction of sp³-hybridized carbons (Fsp3) is 0.250. The fourth-order valence-corrected chi connectivity index (χ4v) is 2.45. The molecule has 0 bridgehead atoms. The first kappa shape index (κ1) is 13.4. The Labute approximate surface area is 123 Å². The second kappa shape index (κ2) is 5.44. The molecule has 2 heterocycles. The molecule has 1 N–H and O–H groups in total. The van der Waals surface area contributed by atoms with Crippen LogP contribution in [0.15, 0.2) is 45.6 Å². The molecule has 0 aliphatic rings. The van der Waals surface area contributed by atoms with Gasteiger partial charge in [-0.25, -0.2) is 0 Å².